The number of pyridine rings is 1. The van der Waals surface area contributed by atoms with Crippen LogP contribution in [0.1, 0.15) is 18.9 Å². The summed E-state index contributed by atoms with van der Waals surface area (Å²) in [6.45, 7) is 5.54. The van der Waals surface area contributed by atoms with Gasteiger partial charge in [0.05, 0.1) is 12.3 Å². The first kappa shape index (κ1) is 21.4. The zero-order valence-electron chi connectivity index (χ0n) is 19.6. The molecule has 1 saturated heterocycles. The predicted molar refractivity (Wildman–Crippen MR) is 134 cm³/mol. The second-order valence-corrected chi connectivity index (χ2v) is 8.94. The van der Waals surface area contributed by atoms with Gasteiger partial charge in [-0.1, -0.05) is 0 Å². The zero-order chi connectivity index (χ0) is 23.8. The van der Waals surface area contributed by atoms with E-state index < -0.39 is 0 Å². The van der Waals surface area contributed by atoms with Crippen molar-refractivity contribution < 1.29 is 9.53 Å². The van der Waals surface area contributed by atoms with Crippen molar-refractivity contribution >= 4 is 28.7 Å². The minimum Gasteiger partial charge on any atom is -0.477 e. The van der Waals surface area contributed by atoms with Crippen LogP contribution in [0.5, 0.6) is 5.88 Å². The lowest BCUT2D eigenvalue weighted by molar-refractivity contribution is -0.129. The number of amides is 1. The number of piperazine rings is 1. The van der Waals surface area contributed by atoms with Gasteiger partial charge in [-0.05, 0) is 43.2 Å². The Hall–Kier alpha value is -4.14. The van der Waals surface area contributed by atoms with Crippen molar-refractivity contribution in [3.05, 3.63) is 60.7 Å². The molecule has 0 bridgehead atoms. The van der Waals surface area contributed by atoms with Gasteiger partial charge in [-0.25, -0.2) is 15.0 Å². The van der Waals surface area contributed by atoms with Gasteiger partial charge < -0.3 is 24.3 Å². The van der Waals surface area contributed by atoms with Crippen LogP contribution in [-0.2, 0) is 11.2 Å². The van der Waals surface area contributed by atoms with E-state index in [0.717, 1.165) is 85.4 Å². The fourth-order valence-corrected chi connectivity index (χ4v) is 4.70. The third-order valence-corrected chi connectivity index (χ3v) is 6.64. The summed E-state index contributed by atoms with van der Waals surface area (Å²) in [6, 6.07) is 10.4. The Balaban J connectivity index is 1.24. The Bertz CT molecular complexity index is 1370. The molecule has 0 atom stereocenters. The molecule has 1 fully saturated rings. The van der Waals surface area contributed by atoms with E-state index in [1.54, 1.807) is 13.1 Å². The van der Waals surface area contributed by atoms with Gasteiger partial charge in [0.15, 0.2) is 11.5 Å². The van der Waals surface area contributed by atoms with Gasteiger partial charge in [-0.3, -0.25) is 4.79 Å². The van der Waals surface area contributed by atoms with Gasteiger partial charge in [0, 0.05) is 80.4 Å². The number of nitrogens with one attached hydrogen (secondary N) is 1. The number of nitrogens with zero attached hydrogens (tertiary/aromatic N) is 6. The van der Waals surface area contributed by atoms with Crippen LogP contribution in [-0.4, -0.2) is 62.9 Å². The van der Waals surface area contributed by atoms with E-state index >= 15 is 0 Å². The van der Waals surface area contributed by atoms with Crippen LogP contribution < -0.4 is 15.0 Å². The number of carbonyl (C=O) groups is 1. The van der Waals surface area contributed by atoms with Crippen molar-refractivity contribution in [3.8, 4) is 17.1 Å². The van der Waals surface area contributed by atoms with Crippen LogP contribution in [0.15, 0.2) is 55.1 Å². The zero-order valence-corrected chi connectivity index (χ0v) is 19.6. The summed E-state index contributed by atoms with van der Waals surface area (Å²) in [5.41, 5.74) is 5.73. The van der Waals surface area contributed by atoms with E-state index in [9.17, 15) is 4.79 Å². The van der Waals surface area contributed by atoms with Gasteiger partial charge in [-0.2, -0.15) is 0 Å². The van der Waals surface area contributed by atoms with Crippen molar-refractivity contribution in [2.24, 2.45) is 0 Å². The smallest absolute Gasteiger partial charge is 0.219 e. The van der Waals surface area contributed by atoms with Crippen LogP contribution >= 0.6 is 0 Å². The molecule has 178 valence electrons. The fraction of sp³-hybridized carbons (Fsp3) is 0.308. The molecule has 9 nitrogen and oxygen atoms in total. The number of benzene rings is 1. The third-order valence-electron chi connectivity index (χ3n) is 6.64. The number of ether oxygens (including phenoxy) is 1. The number of hydrogen-bond donors (Lipinski definition) is 1. The lowest BCUT2D eigenvalue weighted by Gasteiger charge is -2.35. The number of anilines is 3. The third kappa shape index (κ3) is 4.25. The Morgan fingerprint density at radius 2 is 1.91 bits per heavy atom. The molecule has 1 N–H and O–H groups in total. The molecule has 0 saturated carbocycles. The molecule has 6 rings (SSSR count). The standard InChI is InChI=1S/C26H27N7O2/c1-18(34)31-10-12-32(13-11-31)22-6-4-21(5-7-22)29-24-25-27-8-9-33(25)17-23(30-24)20-15-19-3-2-14-35-26(19)28-16-20/h4-9,15-17H,2-3,10-14H2,1H3,(H,29,30). The summed E-state index contributed by atoms with van der Waals surface area (Å²) in [5, 5.41) is 3.45. The normalized spacial score (nSPS) is 15.6. The quantitative estimate of drug-likeness (QED) is 0.489. The lowest BCUT2D eigenvalue weighted by atomic mass is 10.1. The monoisotopic (exact) mass is 469 g/mol. The van der Waals surface area contributed by atoms with Crippen molar-refractivity contribution in [2.75, 3.05) is 43.0 Å². The molecule has 5 heterocycles. The van der Waals surface area contributed by atoms with Gasteiger partial charge >= 0.3 is 0 Å². The highest BCUT2D eigenvalue weighted by Crippen LogP contribution is 2.29. The first-order chi connectivity index (χ1) is 17.1. The largest absolute Gasteiger partial charge is 0.477 e. The van der Waals surface area contributed by atoms with Gasteiger partial charge in [-0.15, -0.1) is 0 Å². The molecule has 1 amide bonds. The lowest BCUT2D eigenvalue weighted by Crippen LogP contribution is -2.48. The molecule has 35 heavy (non-hydrogen) atoms. The number of aryl methyl sites for hydroxylation is 1. The average molecular weight is 470 g/mol. The number of hydrogen-bond acceptors (Lipinski definition) is 7. The molecule has 0 spiro atoms. The molecule has 3 aromatic heterocycles. The number of carbonyl (C=O) groups excluding carboxylic acids is 1. The second kappa shape index (κ2) is 8.90. The first-order valence-electron chi connectivity index (χ1n) is 12.0. The minimum atomic E-state index is 0.142. The van der Waals surface area contributed by atoms with E-state index in [1.807, 2.05) is 27.9 Å². The first-order valence-corrected chi connectivity index (χ1v) is 12.0. The molecule has 2 aliphatic rings. The number of aromatic nitrogens is 4. The summed E-state index contributed by atoms with van der Waals surface area (Å²) in [6.07, 6.45) is 9.45. The highest BCUT2D eigenvalue weighted by Gasteiger charge is 2.19. The number of imidazole rings is 1. The SMILES string of the molecule is CC(=O)N1CCN(c2ccc(Nc3nc(-c4cnc5c(c4)CCCO5)cn4ccnc34)cc2)CC1. The molecular formula is C26H27N7O2. The molecule has 4 aromatic rings. The Labute approximate surface area is 203 Å². The van der Waals surface area contributed by atoms with E-state index in [0.29, 0.717) is 5.82 Å². The second-order valence-electron chi connectivity index (χ2n) is 8.94. The Morgan fingerprint density at radius 3 is 2.71 bits per heavy atom. The summed E-state index contributed by atoms with van der Waals surface area (Å²) >= 11 is 0. The highest BCUT2D eigenvalue weighted by atomic mass is 16.5. The molecule has 0 radical (unpaired) electrons. The summed E-state index contributed by atoms with van der Waals surface area (Å²) in [5.74, 6) is 1.55. The summed E-state index contributed by atoms with van der Waals surface area (Å²) in [7, 11) is 0. The van der Waals surface area contributed by atoms with Gasteiger partial charge in [0.2, 0.25) is 11.8 Å². The Kier molecular flexibility index (Phi) is 5.44. The Morgan fingerprint density at radius 1 is 1.09 bits per heavy atom. The van der Waals surface area contributed by atoms with Crippen molar-refractivity contribution in [2.45, 2.75) is 19.8 Å². The van der Waals surface area contributed by atoms with Crippen LogP contribution in [0, 0.1) is 0 Å². The van der Waals surface area contributed by atoms with E-state index in [-0.39, 0.29) is 5.91 Å². The predicted octanol–water partition coefficient (Wildman–Crippen LogP) is 3.53. The maximum Gasteiger partial charge on any atom is 0.219 e. The number of fused-ring (bicyclic) bond motifs is 2. The van der Waals surface area contributed by atoms with Crippen LogP contribution in [0.3, 0.4) is 0 Å². The minimum absolute atomic E-state index is 0.142. The summed E-state index contributed by atoms with van der Waals surface area (Å²) in [4.78, 5) is 29.7. The molecule has 2 aliphatic heterocycles. The molecule has 0 unspecified atom stereocenters. The highest BCUT2D eigenvalue weighted by molar-refractivity contribution is 5.75. The molecule has 0 aliphatic carbocycles. The van der Waals surface area contributed by atoms with E-state index in [1.165, 1.54) is 0 Å². The molecule has 1 aromatic carbocycles. The van der Waals surface area contributed by atoms with E-state index in [4.69, 9.17) is 9.72 Å². The van der Waals surface area contributed by atoms with Crippen molar-refractivity contribution in [1.82, 2.24) is 24.3 Å². The van der Waals surface area contributed by atoms with Crippen LogP contribution in [0.2, 0.25) is 0 Å². The van der Waals surface area contributed by atoms with Crippen LogP contribution in [0.25, 0.3) is 16.9 Å². The van der Waals surface area contributed by atoms with Gasteiger partial charge in [0.25, 0.3) is 0 Å². The van der Waals surface area contributed by atoms with E-state index in [2.05, 4.69) is 50.5 Å². The van der Waals surface area contributed by atoms with Gasteiger partial charge in [0.1, 0.15) is 0 Å². The van der Waals surface area contributed by atoms with Crippen LogP contribution in [0.4, 0.5) is 17.2 Å². The fourth-order valence-electron chi connectivity index (χ4n) is 4.70. The maximum absolute atomic E-state index is 11.6. The number of rotatable bonds is 4. The molecule has 9 heteroatoms. The maximum atomic E-state index is 11.6. The topological polar surface area (TPSA) is 87.9 Å². The summed E-state index contributed by atoms with van der Waals surface area (Å²) < 4.78 is 7.64. The average Bonchev–Trinajstić information content (AvgIpc) is 3.38. The molecular weight excluding hydrogens is 442 g/mol. The van der Waals surface area contributed by atoms with Crippen molar-refractivity contribution in [3.63, 3.8) is 0 Å². The van der Waals surface area contributed by atoms with Crippen molar-refractivity contribution in [1.29, 1.82) is 0 Å².